The highest BCUT2D eigenvalue weighted by atomic mass is 32.1. The number of nitrogens with zero attached hydrogens (tertiary/aromatic N) is 3. The minimum atomic E-state index is 0.560. The van der Waals surface area contributed by atoms with E-state index in [4.69, 9.17) is 5.73 Å². The summed E-state index contributed by atoms with van der Waals surface area (Å²) in [6, 6.07) is 1.12. The fourth-order valence-corrected chi connectivity index (χ4v) is 2.94. The first kappa shape index (κ1) is 9.71. The molecule has 0 saturated carbocycles. The van der Waals surface area contributed by atoms with E-state index in [0.717, 1.165) is 5.13 Å². The third kappa shape index (κ3) is 1.68. The van der Waals surface area contributed by atoms with Crippen LogP contribution >= 0.6 is 11.3 Å². The standard InChI is InChI=1S/C9H16N4S/c1-6-4-3-5-7(2)13(6)9-12-11-8(10)14-9/h6-7H,3-5H2,1-2H3,(H2,10,11)/t6-,7-/m1/s1. The Morgan fingerprint density at radius 2 is 1.93 bits per heavy atom. The second-order valence-electron chi connectivity index (χ2n) is 3.96. The zero-order valence-corrected chi connectivity index (χ0v) is 9.42. The Morgan fingerprint density at radius 3 is 2.43 bits per heavy atom. The van der Waals surface area contributed by atoms with Crippen molar-refractivity contribution in [2.45, 2.75) is 45.2 Å². The Bertz CT molecular complexity index is 302. The quantitative estimate of drug-likeness (QED) is 0.772. The molecule has 2 N–H and O–H groups in total. The van der Waals surface area contributed by atoms with E-state index < -0.39 is 0 Å². The van der Waals surface area contributed by atoms with Gasteiger partial charge in [0.1, 0.15) is 0 Å². The summed E-state index contributed by atoms with van der Waals surface area (Å²) < 4.78 is 0. The van der Waals surface area contributed by atoms with Gasteiger partial charge in [-0.2, -0.15) is 0 Å². The summed E-state index contributed by atoms with van der Waals surface area (Å²) in [5, 5.41) is 9.51. The largest absolute Gasteiger partial charge is 0.374 e. The molecule has 0 unspecified atom stereocenters. The SMILES string of the molecule is C[C@@H]1CCC[C@@H](C)N1c1nnc(N)s1. The fourth-order valence-electron chi connectivity index (χ4n) is 2.13. The van der Waals surface area contributed by atoms with E-state index >= 15 is 0 Å². The molecular formula is C9H16N4S. The van der Waals surface area contributed by atoms with Crippen LogP contribution in [0.3, 0.4) is 0 Å². The van der Waals surface area contributed by atoms with Gasteiger partial charge in [-0.25, -0.2) is 0 Å². The molecule has 0 bridgehead atoms. The van der Waals surface area contributed by atoms with Crippen molar-refractivity contribution in [2.24, 2.45) is 0 Å². The molecule has 0 spiro atoms. The molecule has 0 aliphatic carbocycles. The molecule has 78 valence electrons. The number of hydrogen-bond acceptors (Lipinski definition) is 5. The number of anilines is 2. The number of rotatable bonds is 1. The monoisotopic (exact) mass is 212 g/mol. The lowest BCUT2D eigenvalue weighted by atomic mass is 9.98. The van der Waals surface area contributed by atoms with Gasteiger partial charge in [-0.3, -0.25) is 0 Å². The maximum atomic E-state index is 5.59. The molecule has 5 heteroatoms. The molecule has 1 fully saturated rings. The molecule has 2 atom stereocenters. The van der Waals surface area contributed by atoms with Gasteiger partial charge in [-0.15, -0.1) is 10.2 Å². The second kappa shape index (κ2) is 3.73. The molecule has 1 aliphatic rings. The normalized spacial score (nSPS) is 28.0. The van der Waals surface area contributed by atoms with E-state index in [1.54, 1.807) is 0 Å². The summed E-state index contributed by atoms with van der Waals surface area (Å²) >= 11 is 1.48. The van der Waals surface area contributed by atoms with Crippen LogP contribution < -0.4 is 10.6 Å². The van der Waals surface area contributed by atoms with Gasteiger partial charge < -0.3 is 10.6 Å². The first-order chi connectivity index (χ1) is 6.68. The summed E-state index contributed by atoms with van der Waals surface area (Å²) in [5.41, 5.74) is 5.59. The zero-order valence-electron chi connectivity index (χ0n) is 8.60. The highest BCUT2D eigenvalue weighted by Gasteiger charge is 2.27. The number of nitrogens with two attached hydrogens (primary N) is 1. The highest BCUT2D eigenvalue weighted by Crippen LogP contribution is 2.31. The highest BCUT2D eigenvalue weighted by molar-refractivity contribution is 7.18. The van der Waals surface area contributed by atoms with E-state index in [-0.39, 0.29) is 0 Å². The summed E-state index contributed by atoms with van der Waals surface area (Å²) in [4.78, 5) is 2.34. The van der Waals surface area contributed by atoms with Crippen LogP contribution in [0.25, 0.3) is 0 Å². The Kier molecular flexibility index (Phi) is 2.58. The molecule has 0 aromatic carbocycles. The van der Waals surface area contributed by atoms with Crippen LogP contribution in [-0.2, 0) is 0 Å². The van der Waals surface area contributed by atoms with Crippen molar-refractivity contribution in [3.05, 3.63) is 0 Å². The van der Waals surface area contributed by atoms with E-state index in [9.17, 15) is 0 Å². The number of piperidine rings is 1. The summed E-state index contributed by atoms with van der Waals surface area (Å²) in [6.07, 6.45) is 3.79. The third-order valence-corrected chi connectivity index (χ3v) is 3.61. The predicted molar refractivity (Wildman–Crippen MR) is 59.6 cm³/mol. The van der Waals surface area contributed by atoms with Crippen molar-refractivity contribution in [1.82, 2.24) is 10.2 Å². The smallest absolute Gasteiger partial charge is 0.210 e. The minimum Gasteiger partial charge on any atom is -0.374 e. The summed E-state index contributed by atoms with van der Waals surface area (Å²) in [7, 11) is 0. The molecule has 1 saturated heterocycles. The topological polar surface area (TPSA) is 55.0 Å². The number of nitrogen functional groups attached to an aromatic ring is 1. The van der Waals surface area contributed by atoms with Gasteiger partial charge in [0.15, 0.2) is 0 Å². The van der Waals surface area contributed by atoms with Crippen molar-refractivity contribution < 1.29 is 0 Å². The molecule has 0 radical (unpaired) electrons. The van der Waals surface area contributed by atoms with Gasteiger partial charge in [0.05, 0.1) is 0 Å². The predicted octanol–water partition coefficient (Wildman–Crippen LogP) is 1.89. The van der Waals surface area contributed by atoms with Crippen molar-refractivity contribution in [3.8, 4) is 0 Å². The Balaban J connectivity index is 2.22. The van der Waals surface area contributed by atoms with Gasteiger partial charge in [0.2, 0.25) is 10.3 Å². The van der Waals surface area contributed by atoms with Crippen LogP contribution in [0.15, 0.2) is 0 Å². The molecule has 14 heavy (non-hydrogen) atoms. The lowest BCUT2D eigenvalue weighted by molar-refractivity contribution is 0.413. The van der Waals surface area contributed by atoms with Gasteiger partial charge >= 0.3 is 0 Å². The lowest BCUT2D eigenvalue weighted by Gasteiger charge is -2.38. The Hall–Kier alpha value is -0.840. The second-order valence-corrected chi connectivity index (χ2v) is 4.95. The molecule has 4 nitrogen and oxygen atoms in total. The maximum Gasteiger partial charge on any atom is 0.210 e. The molecule has 1 aromatic heterocycles. The van der Waals surface area contributed by atoms with Gasteiger partial charge in [-0.1, -0.05) is 11.3 Å². The minimum absolute atomic E-state index is 0.560. The van der Waals surface area contributed by atoms with Crippen molar-refractivity contribution in [3.63, 3.8) is 0 Å². The molecule has 2 rings (SSSR count). The zero-order chi connectivity index (χ0) is 10.1. The maximum absolute atomic E-state index is 5.59. The van der Waals surface area contributed by atoms with Crippen LogP contribution in [0, 0.1) is 0 Å². The van der Waals surface area contributed by atoms with Gasteiger partial charge in [-0.05, 0) is 33.1 Å². The van der Waals surface area contributed by atoms with E-state index in [2.05, 4.69) is 28.9 Å². The van der Waals surface area contributed by atoms with Crippen LogP contribution in [0.1, 0.15) is 33.1 Å². The molecule has 1 aromatic rings. The average molecular weight is 212 g/mol. The molecule has 0 amide bonds. The van der Waals surface area contributed by atoms with Crippen LogP contribution in [-0.4, -0.2) is 22.3 Å². The molecule has 1 aliphatic heterocycles. The fraction of sp³-hybridized carbons (Fsp3) is 0.778. The van der Waals surface area contributed by atoms with Crippen molar-refractivity contribution in [1.29, 1.82) is 0 Å². The van der Waals surface area contributed by atoms with Crippen LogP contribution in [0.5, 0.6) is 0 Å². The van der Waals surface area contributed by atoms with Crippen LogP contribution in [0.2, 0.25) is 0 Å². The summed E-state index contributed by atoms with van der Waals surface area (Å²) in [6.45, 7) is 4.49. The van der Waals surface area contributed by atoms with Crippen LogP contribution in [0.4, 0.5) is 10.3 Å². The number of hydrogen-bond donors (Lipinski definition) is 1. The van der Waals surface area contributed by atoms with E-state index in [0.29, 0.717) is 17.2 Å². The molecule has 2 heterocycles. The first-order valence-corrected chi connectivity index (χ1v) is 5.87. The Morgan fingerprint density at radius 1 is 1.29 bits per heavy atom. The van der Waals surface area contributed by atoms with Gasteiger partial charge in [0.25, 0.3) is 0 Å². The van der Waals surface area contributed by atoms with Crippen molar-refractivity contribution >= 4 is 21.6 Å². The number of aromatic nitrogens is 2. The van der Waals surface area contributed by atoms with E-state index in [1.807, 2.05) is 0 Å². The summed E-state index contributed by atoms with van der Waals surface area (Å²) in [5.74, 6) is 0. The van der Waals surface area contributed by atoms with E-state index in [1.165, 1.54) is 30.6 Å². The van der Waals surface area contributed by atoms with Gasteiger partial charge in [0, 0.05) is 12.1 Å². The Labute approximate surface area is 88.1 Å². The van der Waals surface area contributed by atoms with Crippen molar-refractivity contribution in [2.75, 3.05) is 10.6 Å². The molecular weight excluding hydrogens is 196 g/mol. The average Bonchev–Trinajstić information content (AvgIpc) is 2.51. The third-order valence-electron chi connectivity index (χ3n) is 2.84. The first-order valence-electron chi connectivity index (χ1n) is 5.06. The lowest BCUT2D eigenvalue weighted by Crippen LogP contribution is -2.43.